The van der Waals surface area contributed by atoms with Gasteiger partial charge in [0.15, 0.2) is 0 Å². The molecule has 5 heteroatoms. The number of aryl methyl sites for hydroxylation is 1. The van der Waals surface area contributed by atoms with Crippen molar-refractivity contribution in [3.63, 3.8) is 0 Å². The van der Waals surface area contributed by atoms with E-state index < -0.39 is 0 Å². The van der Waals surface area contributed by atoms with Gasteiger partial charge in [0, 0.05) is 17.9 Å². The predicted molar refractivity (Wildman–Crippen MR) is 91.5 cm³/mol. The van der Waals surface area contributed by atoms with E-state index >= 15 is 0 Å². The molecule has 2 heterocycles. The Morgan fingerprint density at radius 1 is 1.17 bits per heavy atom. The average Bonchev–Trinajstić information content (AvgIpc) is 2.91. The standard InChI is InChI=1S/C19H17N3O2/c1-12-18-16(13-6-5-9-15(23)10-13)11-17(24)20-19(18)22(21-12)14-7-3-2-4-8-14/h2-10,16,23H,11H2,1H3,(H,20,24). The van der Waals surface area contributed by atoms with Crippen molar-refractivity contribution in [2.24, 2.45) is 0 Å². The molecule has 1 atom stereocenters. The highest BCUT2D eigenvalue weighted by atomic mass is 16.3. The Hall–Kier alpha value is -3.08. The van der Waals surface area contributed by atoms with Crippen LogP contribution in [0.1, 0.15) is 29.2 Å². The molecule has 120 valence electrons. The van der Waals surface area contributed by atoms with Crippen LogP contribution in [0.5, 0.6) is 5.75 Å². The van der Waals surface area contributed by atoms with Gasteiger partial charge in [-0.05, 0) is 36.8 Å². The molecule has 1 aromatic heterocycles. The first-order valence-electron chi connectivity index (χ1n) is 7.87. The van der Waals surface area contributed by atoms with Crippen LogP contribution in [0.4, 0.5) is 5.82 Å². The molecule has 24 heavy (non-hydrogen) atoms. The number of aromatic hydroxyl groups is 1. The number of hydrogen-bond acceptors (Lipinski definition) is 3. The maximum absolute atomic E-state index is 12.3. The maximum atomic E-state index is 12.3. The molecule has 1 aliphatic rings. The molecule has 0 saturated heterocycles. The normalized spacial score (nSPS) is 16.5. The summed E-state index contributed by atoms with van der Waals surface area (Å²) in [5, 5.41) is 17.4. The van der Waals surface area contributed by atoms with Crippen molar-refractivity contribution < 1.29 is 9.90 Å². The van der Waals surface area contributed by atoms with Crippen LogP contribution in [0.15, 0.2) is 54.6 Å². The number of nitrogens with zero attached hydrogens (tertiary/aromatic N) is 2. The Balaban J connectivity index is 1.89. The largest absolute Gasteiger partial charge is 0.508 e. The first kappa shape index (κ1) is 14.5. The topological polar surface area (TPSA) is 67.1 Å². The van der Waals surface area contributed by atoms with Crippen molar-refractivity contribution in [2.75, 3.05) is 5.32 Å². The number of fused-ring (bicyclic) bond motifs is 1. The Bertz CT molecular complexity index is 916. The van der Waals surface area contributed by atoms with Gasteiger partial charge in [0.25, 0.3) is 0 Å². The quantitative estimate of drug-likeness (QED) is 0.761. The van der Waals surface area contributed by atoms with Gasteiger partial charge in [0.2, 0.25) is 5.91 Å². The summed E-state index contributed by atoms with van der Waals surface area (Å²) in [6.45, 7) is 1.95. The van der Waals surface area contributed by atoms with E-state index in [0.717, 1.165) is 22.5 Å². The van der Waals surface area contributed by atoms with Gasteiger partial charge in [-0.15, -0.1) is 0 Å². The number of amides is 1. The Labute approximate surface area is 139 Å². The van der Waals surface area contributed by atoms with E-state index in [-0.39, 0.29) is 17.6 Å². The smallest absolute Gasteiger partial charge is 0.226 e. The highest BCUT2D eigenvalue weighted by Crippen LogP contribution is 2.40. The van der Waals surface area contributed by atoms with Gasteiger partial charge in [0.1, 0.15) is 11.6 Å². The van der Waals surface area contributed by atoms with Gasteiger partial charge in [-0.25, -0.2) is 4.68 Å². The van der Waals surface area contributed by atoms with Crippen molar-refractivity contribution in [1.29, 1.82) is 0 Å². The highest BCUT2D eigenvalue weighted by molar-refractivity contribution is 5.95. The number of benzene rings is 2. The van der Waals surface area contributed by atoms with Crippen LogP contribution in [-0.2, 0) is 4.79 Å². The molecule has 3 aromatic rings. The maximum Gasteiger partial charge on any atom is 0.226 e. The number of para-hydroxylation sites is 1. The molecule has 0 saturated carbocycles. The minimum absolute atomic E-state index is 0.0482. The SMILES string of the molecule is Cc1nn(-c2ccccc2)c2c1C(c1cccc(O)c1)CC(=O)N2. The molecule has 0 fully saturated rings. The molecule has 1 unspecified atom stereocenters. The van der Waals surface area contributed by atoms with Gasteiger partial charge in [-0.2, -0.15) is 5.10 Å². The highest BCUT2D eigenvalue weighted by Gasteiger charge is 2.32. The number of hydrogen-bond donors (Lipinski definition) is 2. The summed E-state index contributed by atoms with van der Waals surface area (Å²) in [4.78, 5) is 12.3. The lowest BCUT2D eigenvalue weighted by Crippen LogP contribution is -2.24. The van der Waals surface area contributed by atoms with Crippen LogP contribution in [0.2, 0.25) is 0 Å². The van der Waals surface area contributed by atoms with E-state index in [1.807, 2.05) is 43.3 Å². The molecule has 1 aliphatic heterocycles. The number of anilines is 1. The lowest BCUT2D eigenvalue weighted by molar-refractivity contribution is -0.116. The molecule has 4 rings (SSSR count). The molecule has 1 amide bonds. The van der Waals surface area contributed by atoms with E-state index in [2.05, 4.69) is 10.4 Å². The molecular weight excluding hydrogens is 302 g/mol. The third-order valence-corrected chi connectivity index (χ3v) is 4.38. The number of carbonyl (C=O) groups excluding carboxylic acids is 1. The van der Waals surface area contributed by atoms with E-state index in [4.69, 9.17) is 0 Å². The molecule has 0 bridgehead atoms. The fraction of sp³-hybridized carbons (Fsp3) is 0.158. The van der Waals surface area contributed by atoms with Gasteiger partial charge in [0.05, 0.1) is 11.4 Å². The third kappa shape index (κ3) is 2.34. The third-order valence-electron chi connectivity index (χ3n) is 4.38. The predicted octanol–water partition coefficient (Wildman–Crippen LogP) is 3.36. The van der Waals surface area contributed by atoms with E-state index in [1.54, 1.807) is 22.9 Å². The fourth-order valence-electron chi connectivity index (χ4n) is 3.33. The number of rotatable bonds is 2. The van der Waals surface area contributed by atoms with Crippen LogP contribution in [0.25, 0.3) is 5.69 Å². The summed E-state index contributed by atoms with van der Waals surface area (Å²) in [6, 6.07) is 16.8. The number of phenolic OH excluding ortho intramolecular Hbond substituents is 1. The summed E-state index contributed by atoms with van der Waals surface area (Å²) in [5.41, 5.74) is 3.70. The lowest BCUT2D eigenvalue weighted by Gasteiger charge is -2.24. The van der Waals surface area contributed by atoms with Crippen molar-refractivity contribution in [3.8, 4) is 11.4 Å². The van der Waals surface area contributed by atoms with Crippen LogP contribution in [0.3, 0.4) is 0 Å². The minimum atomic E-state index is -0.113. The molecule has 2 aromatic carbocycles. The summed E-state index contributed by atoms with van der Waals surface area (Å²) in [5.74, 6) is 0.752. The first-order chi connectivity index (χ1) is 11.6. The summed E-state index contributed by atoms with van der Waals surface area (Å²) < 4.78 is 1.78. The van der Waals surface area contributed by atoms with Crippen LogP contribution in [0, 0.1) is 6.92 Å². The Morgan fingerprint density at radius 3 is 2.71 bits per heavy atom. The second-order valence-electron chi connectivity index (χ2n) is 5.99. The number of carbonyl (C=O) groups is 1. The van der Waals surface area contributed by atoms with Crippen molar-refractivity contribution in [1.82, 2.24) is 9.78 Å². The molecule has 0 radical (unpaired) electrons. The molecular formula is C19H17N3O2. The van der Waals surface area contributed by atoms with Crippen molar-refractivity contribution in [2.45, 2.75) is 19.3 Å². The zero-order chi connectivity index (χ0) is 16.7. The molecule has 5 nitrogen and oxygen atoms in total. The number of aromatic nitrogens is 2. The van der Waals surface area contributed by atoms with Crippen molar-refractivity contribution >= 4 is 11.7 Å². The first-order valence-corrected chi connectivity index (χ1v) is 7.87. The van der Waals surface area contributed by atoms with E-state index in [9.17, 15) is 9.90 Å². The monoisotopic (exact) mass is 319 g/mol. The van der Waals surface area contributed by atoms with Gasteiger partial charge >= 0.3 is 0 Å². The van der Waals surface area contributed by atoms with Crippen LogP contribution in [-0.4, -0.2) is 20.8 Å². The summed E-state index contributed by atoms with van der Waals surface area (Å²) in [7, 11) is 0. The number of phenols is 1. The van der Waals surface area contributed by atoms with E-state index in [1.165, 1.54) is 0 Å². The average molecular weight is 319 g/mol. The second kappa shape index (κ2) is 5.53. The van der Waals surface area contributed by atoms with Crippen LogP contribution >= 0.6 is 0 Å². The van der Waals surface area contributed by atoms with Gasteiger partial charge in [-0.3, -0.25) is 4.79 Å². The molecule has 0 spiro atoms. The molecule has 0 aliphatic carbocycles. The fourth-order valence-corrected chi connectivity index (χ4v) is 3.33. The Morgan fingerprint density at radius 2 is 1.96 bits per heavy atom. The zero-order valence-corrected chi connectivity index (χ0v) is 13.2. The van der Waals surface area contributed by atoms with Gasteiger partial charge in [-0.1, -0.05) is 30.3 Å². The van der Waals surface area contributed by atoms with Crippen LogP contribution < -0.4 is 5.32 Å². The Kier molecular flexibility index (Phi) is 3.34. The molecule has 2 N–H and O–H groups in total. The zero-order valence-electron chi connectivity index (χ0n) is 13.2. The summed E-state index contributed by atoms with van der Waals surface area (Å²) >= 11 is 0. The second-order valence-corrected chi connectivity index (χ2v) is 5.99. The summed E-state index contributed by atoms with van der Waals surface area (Å²) in [6.07, 6.45) is 0.345. The van der Waals surface area contributed by atoms with E-state index in [0.29, 0.717) is 12.2 Å². The minimum Gasteiger partial charge on any atom is -0.508 e. The van der Waals surface area contributed by atoms with Crippen molar-refractivity contribution in [3.05, 3.63) is 71.4 Å². The van der Waals surface area contributed by atoms with Gasteiger partial charge < -0.3 is 10.4 Å². The number of nitrogens with one attached hydrogen (secondary N) is 1. The lowest BCUT2D eigenvalue weighted by atomic mass is 9.86.